The molecule has 0 fully saturated rings. The molecule has 3 heterocycles. The number of azo groups is 1. The molecule has 0 amide bonds. The van der Waals surface area contributed by atoms with Crippen molar-refractivity contribution in [3.05, 3.63) is 6.33 Å². The molecule has 0 saturated carbocycles. The van der Waals surface area contributed by atoms with Crippen LogP contribution in [0.5, 0.6) is 12.0 Å². The molecule has 29 heavy (non-hydrogen) atoms. The van der Waals surface area contributed by atoms with Crippen molar-refractivity contribution in [1.82, 2.24) is 39.7 Å². The lowest BCUT2D eigenvalue weighted by Crippen LogP contribution is -2.10. The molecule has 0 aliphatic heterocycles. The first-order valence-electron chi connectivity index (χ1n) is 8.14. The van der Waals surface area contributed by atoms with Crippen LogP contribution in [0.2, 0.25) is 0 Å². The molecule has 3 aromatic rings. The van der Waals surface area contributed by atoms with Gasteiger partial charge < -0.3 is 31.3 Å². The zero-order chi connectivity index (χ0) is 20.8. The van der Waals surface area contributed by atoms with Crippen molar-refractivity contribution >= 4 is 29.2 Å². The standard InChI is InChI=1S/C13H17N13O3/c1-14-7-6(8(16-3-4-27)19-9(15-2)18-7)23-24-10-17-5-26(25-10)11-20-12(28)22-13(29)21-11/h5,27H,3-4H2,1-2H3,(H3,14,15,16,18,19)(H2,20,21,22,28,29)/b24-23+. The van der Waals surface area contributed by atoms with Crippen molar-refractivity contribution in [1.29, 1.82) is 0 Å². The van der Waals surface area contributed by atoms with Crippen LogP contribution in [0.3, 0.4) is 0 Å². The first-order valence-corrected chi connectivity index (χ1v) is 8.14. The molecule has 16 nitrogen and oxygen atoms in total. The van der Waals surface area contributed by atoms with Crippen LogP contribution in [0.25, 0.3) is 5.95 Å². The summed E-state index contributed by atoms with van der Waals surface area (Å²) in [5.74, 6) is 0.827. The van der Waals surface area contributed by atoms with E-state index in [2.05, 4.69) is 61.2 Å². The minimum absolute atomic E-state index is 0.0581. The van der Waals surface area contributed by atoms with Crippen LogP contribution in [-0.4, -0.2) is 82.3 Å². The van der Waals surface area contributed by atoms with Crippen LogP contribution >= 0.6 is 0 Å². The van der Waals surface area contributed by atoms with Crippen LogP contribution in [0.1, 0.15) is 0 Å². The number of hydrogen-bond donors (Lipinski definition) is 6. The zero-order valence-corrected chi connectivity index (χ0v) is 15.3. The lowest BCUT2D eigenvalue weighted by atomic mass is 10.4. The maximum absolute atomic E-state index is 9.34. The van der Waals surface area contributed by atoms with Gasteiger partial charge in [0.05, 0.1) is 6.61 Å². The Morgan fingerprint density at radius 3 is 2.34 bits per heavy atom. The molecule has 0 bridgehead atoms. The second kappa shape index (κ2) is 8.65. The highest BCUT2D eigenvalue weighted by Gasteiger charge is 2.14. The number of rotatable bonds is 8. The van der Waals surface area contributed by atoms with Crippen LogP contribution < -0.4 is 16.0 Å². The van der Waals surface area contributed by atoms with E-state index in [1.165, 1.54) is 6.33 Å². The van der Waals surface area contributed by atoms with E-state index in [0.717, 1.165) is 4.68 Å². The summed E-state index contributed by atoms with van der Waals surface area (Å²) in [7, 11) is 3.32. The van der Waals surface area contributed by atoms with E-state index >= 15 is 0 Å². The molecule has 0 aliphatic carbocycles. The van der Waals surface area contributed by atoms with E-state index in [1.807, 2.05) is 0 Å². The van der Waals surface area contributed by atoms with Gasteiger partial charge in [0.1, 0.15) is 6.33 Å². The summed E-state index contributed by atoms with van der Waals surface area (Å²) in [6, 6.07) is -1.35. The quantitative estimate of drug-likeness (QED) is 0.263. The SMILES string of the molecule is CNc1nc(NC)c(/N=N/c2ncn(-c3nc(O)nc(O)n3)n2)c(NCCO)n1. The summed E-state index contributed by atoms with van der Waals surface area (Å²) < 4.78 is 1.07. The summed E-state index contributed by atoms with van der Waals surface area (Å²) in [4.78, 5) is 22.9. The fourth-order valence-corrected chi connectivity index (χ4v) is 2.07. The fourth-order valence-electron chi connectivity index (χ4n) is 2.07. The Bertz CT molecular complexity index is 1000. The largest absolute Gasteiger partial charge is 0.479 e. The van der Waals surface area contributed by atoms with Crippen molar-refractivity contribution in [3.8, 4) is 18.0 Å². The first kappa shape index (κ1) is 19.5. The third-order valence-corrected chi connectivity index (χ3v) is 3.27. The van der Waals surface area contributed by atoms with E-state index in [9.17, 15) is 10.2 Å². The van der Waals surface area contributed by atoms with Crippen molar-refractivity contribution < 1.29 is 15.3 Å². The maximum Gasteiger partial charge on any atom is 0.321 e. The molecule has 3 rings (SSSR count). The van der Waals surface area contributed by atoms with Gasteiger partial charge in [-0.2, -0.15) is 29.6 Å². The smallest absolute Gasteiger partial charge is 0.321 e. The van der Waals surface area contributed by atoms with Gasteiger partial charge in [-0.1, -0.05) is 0 Å². The van der Waals surface area contributed by atoms with Crippen LogP contribution in [-0.2, 0) is 0 Å². The third-order valence-electron chi connectivity index (χ3n) is 3.27. The Kier molecular flexibility index (Phi) is 5.83. The van der Waals surface area contributed by atoms with Crippen molar-refractivity contribution in [2.75, 3.05) is 43.2 Å². The number of nitrogens with one attached hydrogen (secondary N) is 3. The highest BCUT2D eigenvalue weighted by molar-refractivity contribution is 5.75. The van der Waals surface area contributed by atoms with Crippen LogP contribution in [0.15, 0.2) is 16.6 Å². The molecular weight excluding hydrogens is 386 g/mol. The molecule has 0 saturated heterocycles. The molecule has 152 valence electrons. The number of aromatic hydroxyl groups is 2. The predicted molar refractivity (Wildman–Crippen MR) is 99.0 cm³/mol. The summed E-state index contributed by atoms with van der Waals surface area (Å²) in [6.45, 7) is 0.132. The third kappa shape index (κ3) is 4.56. The average Bonchev–Trinajstić information content (AvgIpc) is 3.18. The number of anilines is 3. The summed E-state index contributed by atoms with van der Waals surface area (Å²) in [6.07, 6.45) is 1.22. The lowest BCUT2D eigenvalue weighted by molar-refractivity contribution is 0.311. The van der Waals surface area contributed by atoms with Crippen molar-refractivity contribution in [3.63, 3.8) is 0 Å². The zero-order valence-electron chi connectivity index (χ0n) is 15.3. The van der Waals surface area contributed by atoms with E-state index in [1.54, 1.807) is 14.1 Å². The average molecular weight is 403 g/mol. The number of aromatic nitrogens is 8. The number of aliphatic hydroxyl groups is 1. The van der Waals surface area contributed by atoms with Crippen molar-refractivity contribution in [2.24, 2.45) is 10.2 Å². The van der Waals surface area contributed by atoms with Gasteiger partial charge in [0.2, 0.25) is 5.95 Å². The molecule has 0 aliphatic rings. The lowest BCUT2D eigenvalue weighted by Gasteiger charge is -2.11. The Hall–Kier alpha value is -4.21. The Labute approximate surface area is 162 Å². The van der Waals surface area contributed by atoms with E-state index < -0.39 is 12.0 Å². The fraction of sp³-hybridized carbons (Fsp3) is 0.308. The van der Waals surface area contributed by atoms with Gasteiger partial charge in [0.15, 0.2) is 17.3 Å². The molecule has 0 radical (unpaired) electrons. The van der Waals surface area contributed by atoms with Gasteiger partial charge in [0.25, 0.3) is 11.9 Å². The molecule has 0 atom stereocenters. The molecule has 0 unspecified atom stereocenters. The highest BCUT2D eigenvalue weighted by Crippen LogP contribution is 2.32. The van der Waals surface area contributed by atoms with Crippen molar-refractivity contribution in [2.45, 2.75) is 0 Å². The van der Waals surface area contributed by atoms with E-state index in [0.29, 0.717) is 17.6 Å². The monoisotopic (exact) mass is 403 g/mol. The minimum Gasteiger partial charge on any atom is -0.479 e. The molecule has 16 heteroatoms. The first-order chi connectivity index (χ1) is 14.0. The van der Waals surface area contributed by atoms with E-state index in [4.69, 9.17) is 5.11 Å². The second-order valence-corrected chi connectivity index (χ2v) is 5.17. The molecule has 0 aromatic carbocycles. The van der Waals surface area contributed by atoms with Gasteiger partial charge in [-0.3, -0.25) is 0 Å². The van der Waals surface area contributed by atoms with Crippen LogP contribution in [0, 0.1) is 0 Å². The molecule has 0 spiro atoms. The van der Waals surface area contributed by atoms with Gasteiger partial charge in [-0.05, 0) is 0 Å². The van der Waals surface area contributed by atoms with Gasteiger partial charge in [-0.15, -0.1) is 20.3 Å². The van der Waals surface area contributed by atoms with Gasteiger partial charge >= 0.3 is 12.0 Å². The number of hydrogen-bond acceptors (Lipinski definition) is 15. The minimum atomic E-state index is -0.675. The van der Waals surface area contributed by atoms with Crippen LogP contribution in [0.4, 0.5) is 29.2 Å². The Morgan fingerprint density at radius 2 is 1.69 bits per heavy atom. The number of nitrogens with zero attached hydrogens (tertiary/aromatic N) is 10. The van der Waals surface area contributed by atoms with E-state index in [-0.39, 0.29) is 30.7 Å². The van der Waals surface area contributed by atoms with Gasteiger partial charge in [0, 0.05) is 20.6 Å². The maximum atomic E-state index is 9.34. The summed E-state index contributed by atoms with van der Waals surface area (Å²) in [5.41, 5.74) is 0.270. The number of aliphatic hydroxyl groups excluding tert-OH is 1. The molecular formula is C13H17N13O3. The Morgan fingerprint density at radius 1 is 0.966 bits per heavy atom. The second-order valence-electron chi connectivity index (χ2n) is 5.17. The predicted octanol–water partition coefficient (Wildman–Crippen LogP) is -0.444. The highest BCUT2D eigenvalue weighted by atomic mass is 16.3. The summed E-state index contributed by atoms with van der Waals surface area (Å²) in [5, 5.41) is 48.4. The molecule has 6 N–H and O–H groups in total. The molecule has 3 aromatic heterocycles. The normalized spacial score (nSPS) is 11.0. The summed E-state index contributed by atoms with van der Waals surface area (Å²) >= 11 is 0. The van der Waals surface area contributed by atoms with Gasteiger partial charge in [-0.25, -0.2) is 0 Å². The Balaban J connectivity index is 1.92. The topological polar surface area (TPSA) is 217 Å².